The standard InChI is InChI=1S/C7H9F2NO2S/c1-11-4-6-10-2-7(13-6)12-3-5(8)9/h2,5H,3-4H2,1H3. The molecule has 1 heterocycles. The molecule has 0 atom stereocenters. The molecule has 0 amide bonds. The molecule has 1 aromatic rings. The number of thiazole rings is 1. The maximum atomic E-state index is 11.7. The van der Waals surface area contributed by atoms with Gasteiger partial charge in [-0.05, 0) is 0 Å². The van der Waals surface area contributed by atoms with Crippen LogP contribution < -0.4 is 4.74 Å². The van der Waals surface area contributed by atoms with Gasteiger partial charge in [-0.1, -0.05) is 11.3 Å². The number of methoxy groups -OCH3 is 1. The van der Waals surface area contributed by atoms with Crippen molar-refractivity contribution in [1.82, 2.24) is 4.98 Å². The Morgan fingerprint density at radius 3 is 3.00 bits per heavy atom. The van der Waals surface area contributed by atoms with E-state index < -0.39 is 13.0 Å². The summed E-state index contributed by atoms with van der Waals surface area (Å²) in [6.45, 7) is -0.211. The molecule has 0 radical (unpaired) electrons. The first-order valence-corrected chi connectivity index (χ1v) is 4.38. The van der Waals surface area contributed by atoms with Crippen LogP contribution in [0.5, 0.6) is 5.06 Å². The summed E-state index contributed by atoms with van der Waals surface area (Å²) >= 11 is 1.21. The molecular weight excluding hydrogens is 200 g/mol. The van der Waals surface area contributed by atoms with E-state index in [1.165, 1.54) is 17.5 Å². The van der Waals surface area contributed by atoms with Crippen LogP contribution in [0, 0.1) is 0 Å². The lowest BCUT2D eigenvalue weighted by atomic mass is 10.7. The monoisotopic (exact) mass is 209 g/mol. The number of nitrogens with zero attached hydrogens (tertiary/aromatic N) is 1. The fraction of sp³-hybridized carbons (Fsp3) is 0.571. The average Bonchev–Trinajstić information content (AvgIpc) is 2.50. The van der Waals surface area contributed by atoms with Crippen LogP contribution in [0.25, 0.3) is 0 Å². The number of ether oxygens (including phenoxy) is 2. The minimum absolute atomic E-state index is 0.378. The molecule has 0 fully saturated rings. The fourth-order valence-electron chi connectivity index (χ4n) is 0.696. The van der Waals surface area contributed by atoms with Gasteiger partial charge in [-0.25, -0.2) is 13.8 Å². The zero-order chi connectivity index (χ0) is 9.68. The fourth-order valence-corrected chi connectivity index (χ4v) is 1.44. The quantitative estimate of drug-likeness (QED) is 0.742. The summed E-state index contributed by atoms with van der Waals surface area (Å²) in [4.78, 5) is 3.91. The molecule has 0 aromatic carbocycles. The predicted octanol–water partition coefficient (Wildman–Crippen LogP) is 1.93. The molecular formula is C7H9F2NO2S. The molecule has 0 N–H and O–H groups in total. The van der Waals surface area contributed by atoms with Gasteiger partial charge in [0.15, 0.2) is 5.06 Å². The van der Waals surface area contributed by atoms with E-state index in [2.05, 4.69) is 4.98 Å². The maximum Gasteiger partial charge on any atom is 0.272 e. The van der Waals surface area contributed by atoms with Crippen molar-refractivity contribution in [3.63, 3.8) is 0 Å². The summed E-state index contributed by atoms with van der Waals surface area (Å²) in [5.74, 6) is 0. The highest BCUT2D eigenvalue weighted by atomic mass is 32.1. The molecule has 0 bridgehead atoms. The lowest BCUT2D eigenvalue weighted by molar-refractivity contribution is 0.0837. The Balaban J connectivity index is 2.39. The Morgan fingerprint density at radius 2 is 2.38 bits per heavy atom. The first-order chi connectivity index (χ1) is 6.22. The van der Waals surface area contributed by atoms with Gasteiger partial charge in [0.1, 0.15) is 11.6 Å². The summed E-state index contributed by atoms with van der Waals surface area (Å²) in [6.07, 6.45) is -1.03. The van der Waals surface area contributed by atoms with Crippen LogP contribution in [0.3, 0.4) is 0 Å². The molecule has 1 aromatic heterocycles. The number of rotatable bonds is 5. The molecule has 0 aliphatic heterocycles. The number of hydrogen-bond donors (Lipinski definition) is 0. The van der Waals surface area contributed by atoms with Gasteiger partial charge in [-0.3, -0.25) is 0 Å². The van der Waals surface area contributed by atoms with Crippen molar-refractivity contribution in [3.05, 3.63) is 11.2 Å². The van der Waals surface area contributed by atoms with Gasteiger partial charge >= 0.3 is 0 Å². The van der Waals surface area contributed by atoms with E-state index in [-0.39, 0.29) is 0 Å². The van der Waals surface area contributed by atoms with Crippen LogP contribution >= 0.6 is 11.3 Å². The van der Waals surface area contributed by atoms with Crippen molar-refractivity contribution in [2.24, 2.45) is 0 Å². The highest BCUT2D eigenvalue weighted by molar-refractivity contribution is 7.13. The normalized spacial score (nSPS) is 10.8. The Hall–Kier alpha value is -0.750. The molecule has 0 aliphatic rings. The van der Waals surface area contributed by atoms with E-state index in [9.17, 15) is 8.78 Å². The summed E-state index contributed by atoms with van der Waals surface area (Å²) < 4.78 is 33.0. The number of halogens is 2. The van der Waals surface area contributed by atoms with E-state index in [1.807, 2.05) is 0 Å². The van der Waals surface area contributed by atoms with Crippen LogP contribution in [0.1, 0.15) is 5.01 Å². The number of aromatic nitrogens is 1. The lowest BCUT2D eigenvalue weighted by Gasteiger charge is -1.99. The summed E-state index contributed by atoms with van der Waals surface area (Å²) in [5, 5.41) is 1.11. The first kappa shape index (κ1) is 10.3. The number of alkyl halides is 2. The highest BCUT2D eigenvalue weighted by Crippen LogP contribution is 2.22. The Labute approximate surface area is 78.3 Å². The Kier molecular flexibility index (Phi) is 4.04. The molecule has 0 saturated carbocycles. The van der Waals surface area contributed by atoms with E-state index >= 15 is 0 Å². The minimum atomic E-state index is -2.45. The van der Waals surface area contributed by atoms with E-state index in [4.69, 9.17) is 9.47 Å². The van der Waals surface area contributed by atoms with Gasteiger partial charge in [0.05, 0.1) is 12.8 Å². The molecule has 74 valence electrons. The van der Waals surface area contributed by atoms with Crippen molar-refractivity contribution in [2.75, 3.05) is 13.7 Å². The molecule has 0 unspecified atom stereocenters. The largest absolute Gasteiger partial charge is 0.477 e. The topological polar surface area (TPSA) is 31.4 Å². The van der Waals surface area contributed by atoms with Gasteiger partial charge in [-0.2, -0.15) is 0 Å². The van der Waals surface area contributed by atoms with Crippen LogP contribution in [0.2, 0.25) is 0 Å². The Morgan fingerprint density at radius 1 is 1.62 bits per heavy atom. The average molecular weight is 209 g/mol. The summed E-state index contributed by atoms with van der Waals surface area (Å²) in [6, 6.07) is 0. The molecule has 0 aliphatic carbocycles. The highest BCUT2D eigenvalue weighted by Gasteiger charge is 2.06. The lowest BCUT2D eigenvalue weighted by Crippen LogP contribution is -2.05. The van der Waals surface area contributed by atoms with E-state index in [0.29, 0.717) is 16.7 Å². The van der Waals surface area contributed by atoms with Gasteiger partial charge in [0.2, 0.25) is 0 Å². The smallest absolute Gasteiger partial charge is 0.272 e. The second kappa shape index (κ2) is 5.08. The molecule has 0 saturated heterocycles. The molecule has 0 spiro atoms. The van der Waals surface area contributed by atoms with Gasteiger partial charge < -0.3 is 9.47 Å². The van der Waals surface area contributed by atoms with Crippen molar-refractivity contribution in [2.45, 2.75) is 13.0 Å². The third-order valence-corrected chi connectivity index (χ3v) is 2.04. The summed E-state index contributed by atoms with van der Waals surface area (Å²) in [5.41, 5.74) is 0. The third kappa shape index (κ3) is 3.65. The summed E-state index contributed by atoms with van der Waals surface area (Å²) in [7, 11) is 1.54. The van der Waals surface area contributed by atoms with Crippen LogP contribution in [-0.2, 0) is 11.3 Å². The number of hydrogen-bond acceptors (Lipinski definition) is 4. The van der Waals surface area contributed by atoms with E-state index in [0.717, 1.165) is 0 Å². The molecule has 3 nitrogen and oxygen atoms in total. The van der Waals surface area contributed by atoms with Crippen LogP contribution in [-0.4, -0.2) is 25.1 Å². The van der Waals surface area contributed by atoms with Crippen molar-refractivity contribution in [3.8, 4) is 5.06 Å². The van der Waals surface area contributed by atoms with Gasteiger partial charge in [0, 0.05) is 7.11 Å². The van der Waals surface area contributed by atoms with Crippen molar-refractivity contribution in [1.29, 1.82) is 0 Å². The molecule has 6 heteroatoms. The zero-order valence-electron chi connectivity index (χ0n) is 7.00. The van der Waals surface area contributed by atoms with Crippen LogP contribution in [0.4, 0.5) is 8.78 Å². The molecule has 13 heavy (non-hydrogen) atoms. The maximum absolute atomic E-state index is 11.7. The van der Waals surface area contributed by atoms with Crippen molar-refractivity contribution >= 4 is 11.3 Å². The second-order valence-corrected chi connectivity index (χ2v) is 3.29. The van der Waals surface area contributed by atoms with Crippen molar-refractivity contribution < 1.29 is 18.3 Å². The first-order valence-electron chi connectivity index (χ1n) is 3.57. The molecule has 1 rings (SSSR count). The van der Waals surface area contributed by atoms with Gasteiger partial charge in [-0.15, -0.1) is 0 Å². The second-order valence-electron chi connectivity index (χ2n) is 2.21. The zero-order valence-corrected chi connectivity index (χ0v) is 7.81. The van der Waals surface area contributed by atoms with Gasteiger partial charge in [0.25, 0.3) is 6.43 Å². The van der Waals surface area contributed by atoms with Crippen LogP contribution in [0.15, 0.2) is 6.20 Å². The SMILES string of the molecule is COCc1ncc(OCC(F)F)s1. The minimum Gasteiger partial charge on any atom is -0.477 e. The predicted molar refractivity (Wildman–Crippen MR) is 44.3 cm³/mol. The third-order valence-electron chi connectivity index (χ3n) is 1.15. The van der Waals surface area contributed by atoms with E-state index in [1.54, 1.807) is 7.11 Å². The Bertz CT molecular complexity index is 254.